The van der Waals surface area contributed by atoms with Crippen LogP contribution >= 0.6 is 15.9 Å². The van der Waals surface area contributed by atoms with Gasteiger partial charge in [-0.2, -0.15) is 0 Å². The highest BCUT2D eigenvalue weighted by atomic mass is 79.9. The van der Waals surface area contributed by atoms with Crippen molar-refractivity contribution in [3.05, 3.63) is 34.1 Å². The summed E-state index contributed by atoms with van der Waals surface area (Å²) in [6.45, 7) is 7.46. The average molecular weight is 335 g/mol. The van der Waals surface area contributed by atoms with Gasteiger partial charge in [0.1, 0.15) is 4.60 Å². The van der Waals surface area contributed by atoms with Crippen LogP contribution in [0.4, 0.5) is 0 Å². The van der Waals surface area contributed by atoms with Crippen LogP contribution in [0.2, 0.25) is 0 Å². The molecule has 5 heteroatoms. The summed E-state index contributed by atoms with van der Waals surface area (Å²) < 4.78 is 3.17. The SMILES string of the molecule is CNCc1[nH]c2nc3ccc(C(C)(C)C)cc3n2c1Br. The van der Waals surface area contributed by atoms with Crippen molar-refractivity contribution in [3.8, 4) is 0 Å². The molecule has 3 rings (SSSR count). The summed E-state index contributed by atoms with van der Waals surface area (Å²) in [5.74, 6) is 0.878. The van der Waals surface area contributed by atoms with Gasteiger partial charge in [0.2, 0.25) is 5.78 Å². The van der Waals surface area contributed by atoms with E-state index in [-0.39, 0.29) is 5.41 Å². The topological polar surface area (TPSA) is 45.1 Å². The molecule has 0 amide bonds. The first-order valence-corrected chi connectivity index (χ1v) is 7.55. The Hall–Kier alpha value is -1.33. The third-order valence-corrected chi connectivity index (χ3v) is 4.42. The molecular weight excluding hydrogens is 316 g/mol. The molecule has 0 aliphatic carbocycles. The molecule has 2 aromatic heterocycles. The standard InChI is InChI=1S/C15H19BrN4/c1-15(2,3)9-5-6-10-12(7-9)20-13(16)11(8-17-4)19-14(20)18-10/h5-7,17H,8H2,1-4H3,(H,18,19). The molecule has 0 radical (unpaired) electrons. The number of nitrogens with zero attached hydrogens (tertiary/aromatic N) is 2. The van der Waals surface area contributed by atoms with Crippen molar-refractivity contribution >= 4 is 32.7 Å². The zero-order chi connectivity index (χ0) is 14.5. The average Bonchev–Trinajstić information content (AvgIpc) is 2.86. The molecule has 0 saturated heterocycles. The lowest BCUT2D eigenvalue weighted by molar-refractivity contribution is 0.591. The zero-order valence-electron chi connectivity index (χ0n) is 12.2. The Labute approximate surface area is 126 Å². The van der Waals surface area contributed by atoms with Crippen LogP contribution in [-0.4, -0.2) is 21.4 Å². The number of hydrogen-bond donors (Lipinski definition) is 2. The van der Waals surface area contributed by atoms with Gasteiger partial charge in [-0.1, -0.05) is 26.8 Å². The molecule has 0 fully saturated rings. The molecule has 0 aliphatic rings. The highest BCUT2D eigenvalue weighted by Gasteiger charge is 2.18. The normalized spacial score (nSPS) is 12.7. The van der Waals surface area contributed by atoms with E-state index in [0.717, 1.165) is 33.7 Å². The van der Waals surface area contributed by atoms with Gasteiger partial charge in [-0.3, -0.25) is 4.40 Å². The molecule has 2 heterocycles. The summed E-state index contributed by atoms with van der Waals surface area (Å²) in [4.78, 5) is 8.01. The van der Waals surface area contributed by atoms with Crippen molar-refractivity contribution in [1.29, 1.82) is 0 Å². The minimum Gasteiger partial charge on any atom is -0.325 e. The first-order chi connectivity index (χ1) is 9.41. The Kier molecular flexibility index (Phi) is 3.14. The van der Waals surface area contributed by atoms with Gasteiger partial charge in [0.05, 0.1) is 16.7 Å². The van der Waals surface area contributed by atoms with E-state index < -0.39 is 0 Å². The zero-order valence-corrected chi connectivity index (χ0v) is 13.8. The minimum absolute atomic E-state index is 0.134. The lowest BCUT2D eigenvalue weighted by Crippen LogP contribution is -2.10. The number of nitrogens with one attached hydrogen (secondary N) is 2. The first kappa shape index (κ1) is 13.6. The van der Waals surface area contributed by atoms with E-state index in [2.05, 4.69) is 74.6 Å². The second-order valence-corrected chi connectivity index (χ2v) is 6.90. The van der Waals surface area contributed by atoms with Crippen molar-refractivity contribution in [2.45, 2.75) is 32.7 Å². The van der Waals surface area contributed by atoms with Gasteiger partial charge in [-0.25, -0.2) is 4.98 Å². The molecule has 0 saturated carbocycles. The van der Waals surface area contributed by atoms with Crippen LogP contribution in [0.5, 0.6) is 0 Å². The number of imidazole rings is 2. The Morgan fingerprint density at radius 3 is 2.75 bits per heavy atom. The van der Waals surface area contributed by atoms with Gasteiger partial charge in [0.15, 0.2) is 0 Å². The van der Waals surface area contributed by atoms with Gasteiger partial charge in [0.25, 0.3) is 0 Å². The number of H-pyrrole nitrogens is 1. The number of fused-ring (bicyclic) bond motifs is 3. The Bertz CT molecular complexity index is 776. The van der Waals surface area contributed by atoms with Crippen molar-refractivity contribution in [2.75, 3.05) is 7.05 Å². The first-order valence-electron chi connectivity index (χ1n) is 6.75. The molecule has 20 heavy (non-hydrogen) atoms. The van der Waals surface area contributed by atoms with Gasteiger partial charge in [-0.15, -0.1) is 0 Å². The van der Waals surface area contributed by atoms with Crippen molar-refractivity contribution in [1.82, 2.24) is 19.7 Å². The van der Waals surface area contributed by atoms with Crippen LogP contribution < -0.4 is 5.32 Å². The Morgan fingerprint density at radius 1 is 1.35 bits per heavy atom. The van der Waals surface area contributed by atoms with E-state index >= 15 is 0 Å². The summed E-state index contributed by atoms with van der Waals surface area (Å²) >= 11 is 3.68. The molecule has 0 spiro atoms. The highest BCUT2D eigenvalue weighted by molar-refractivity contribution is 9.10. The summed E-state index contributed by atoms with van der Waals surface area (Å²) in [5, 5.41) is 3.16. The van der Waals surface area contributed by atoms with Crippen molar-refractivity contribution in [2.24, 2.45) is 0 Å². The number of halogens is 1. The Morgan fingerprint density at radius 2 is 2.10 bits per heavy atom. The number of aromatic nitrogens is 3. The van der Waals surface area contributed by atoms with Gasteiger partial charge in [-0.05, 0) is 46.1 Å². The monoisotopic (exact) mass is 334 g/mol. The molecule has 1 aromatic carbocycles. The van der Waals surface area contributed by atoms with Gasteiger partial charge < -0.3 is 10.3 Å². The van der Waals surface area contributed by atoms with Crippen molar-refractivity contribution < 1.29 is 0 Å². The molecule has 2 N–H and O–H groups in total. The maximum Gasteiger partial charge on any atom is 0.213 e. The largest absolute Gasteiger partial charge is 0.325 e. The van der Waals surface area contributed by atoms with Crippen LogP contribution in [0.3, 0.4) is 0 Å². The van der Waals surface area contributed by atoms with E-state index in [9.17, 15) is 0 Å². The maximum absolute atomic E-state index is 4.65. The smallest absolute Gasteiger partial charge is 0.213 e. The van der Waals surface area contributed by atoms with Gasteiger partial charge in [0, 0.05) is 6.54 Å². The van der Waals surface area contributed by atoms with Crippen LogP contribution in [-0.2, 0) is 12.0 Å². The van der Waals surface area contributed by atoms with Crippen LogP contribution in [0.15, 0.2) is 22.8 Å². The second-order valence-electron chi connectivity index (χ2n) is 6.15. The summed E-state index contributed by atoms with van der Waals surface area (Å²) in [6, 6.07) is 6.50. The fraction of sp³-hybridized carbons (Fsp3) is 0.400. The minimum atomic E-state index is 0.134. The van der Waals surface area contributed by atoms with Crippen LogP contribution in [0, 0.1) is 0 Å². The fourth-order valence-corrected chi connectivity index (χ4v) is 3.04. The number of rotatable bonds is 2. The molecule has 0 bridgehead atoms. The number of hydrogen-bond acceptors (Lipinski definition) is 2. The van der Waals surface area contributed by atoms with Crippen molar-refractivity contribution in [3.63, 3.8) is 0 Å². The predicted molar refractivity (Wildman–Crippen MR) is 86.2 cm³/mol. The summed E-state index contributed by atoms with van der Waals surface area (Å²) in [5.41, 5.74) is 4.71. The maximum atomic E-state index is 4.65. The molecule has 0 unspecified atom stereocenters. The van der Waals surface area contributed by atoms with Crippen LogP contribution in [0.1, 0.15) is 32.0 Å². The van der Waals surface area contributed by atoms with Gasteiger partial charge >= 0.3 is 0 Å². The fourth-order valence-electron chi connectivity index (χ4n) is 2.44. The second kappa shape index (κ2) is 4.60. The molecule has 0 atom stereocenters. The number of aromatic amines is 1. The lowest BCUT2D eigenvalue weighted by Gasteiger charge is -2.18. The predicted octanol–water partition coefficient (Wildman–Crippen LogP) is 3.60. The third kappa shape index (κ3) is 2.05. The lowest BCUT2D eigenvalue weighted by atomic mass is 9.87. The van der Waals surface area contributed by atoms with E-state index in [4.69, 9.17) is 0 Å². The molecule has 0 aliphatic heterocycles. The third-order valence-electron chi connectivity index (χ3n) is 3.58. The van der Waals surface area contributed by atoms with E-state index in [1.54, 1.807) is 0 Å². The quantitative estimate of drug-likeness (QED) is 0.752. The van der Waals surface area contributed by atoms with Crippen LogP contribution in [0.25, 0.3) is 16.8 Å². The molecular formula is C15H19BrN4. The number of benzene rings is 1. The molecule has 106 valence electrons. The summed E-state index contributed by atoms with van der Waals surface area (Å²) in [6.07, 6.45) is 0. The summed E-state index contributed by atoms with van der Waals surface area (Å²) in [7, 11) is 1.94. The molecule has 3 aromatic rings. The molecule has 4 nitrogen and oxygen atoms in total. The highest BCUT2D eigenvalue weighted by Crippen LogP contribution is 2.29. The van der Waals surface area contributed by atoms with E-state index in [1.807, 2.05) is 7.05 Å². The van der Waals surface area contributed by atoms with E-state index in [0.29, 0.717) is 0 Å². The Balaban J connectivity index is 2.29. The van der Waals surface area contributed by atoms with E-state index in [1.165, 1.54) is 5.56 Å².